The standard InChI is InChI=1S/C26H38N2O5/c1-17(2)8-21(16-29)28-25(33)10-18-6-5-7-19(9-18)14-26(3,4)27-15-24(32)20-11-22(30)13-23(31)12-20/h5-7,9,11-13,17,21,24,27,29-32H,8,10,14-16H2,1-4H3,(H,28,33)/t21-,24?/m0/s1. The van der Waals surface area contributed by atoms with E-state index in [1.54, 1.807) is 0 Å². The fraction of sp³-hybridized carbons (Fsp3) is 0.500. The van der Waals surface area contributed by atoms with Gasteiger partial charge in [0.05, 0.1) is 25.2 Å². The van der Waals surface area contributed by atoms with E-state index in [-0.39, 0.29) is 48.6 Å². The van der Waals surface area contributed by atoms with E-state index in [2.05, 4.69) is 24.5 Å². The number of nitrogens with one attached hydrogen (secondary N) is 2. The van der Waals surface area contributed by atoms with Crippen LogP contribution in [0.5, 0.6) is 11.5 Å². The lowest BCUT2D eigenvalue weighted by Gasteiger charge is -2.28. The minimum Gasteiger partial charge on any atom is -0.508 e. The number of carbonyl (C=O) groups is 1. The van der Waals surface area contributed by atoms with E-state index in [0.717, 1.165) is 17.5 Å². The van der Waals surface area contributed by atoms with Crippen molar-refractivity contribution in [1.29, 1.82) is 0 Å². The number of benzene rings is 2. The summed E-state index contributed by atoms with van der Waals surface area (Å²) in [5.74, 6) is 0.0800. The second kappa shape index (κ2) is 12.0. The van der Waals surface area contributed by atoms with Gasteiger partial charge in [0, 0.05) is 18.2 Å². The van der Waals surface area contributed by atoms with E-state index >= 15 is 0 Å². The van der Waals surface area contributed by atoms with Gasteiger partial charge in [-0.2, -0.15) is 0 Å². The van der Waals surface area contributed by atoms with Crippen LogP contribution in [0.1, 0.15) is 56.9 Å². The number of carbonyl (C=O) groups excluding carboxylic acids is 1. The highest BCUT2D eigenvalue weighted by atomic mass is 16.3. The summed E-state index contributed by atoms with van der Waals surface area (Å²) < 4.78 is 0. The molecule has 2 rings (SSSR count). The summed E-state index contributed by atoms with van der Waals surface area (Å²) >= 11 is 0. The van der Waals surface area contributed by atoms with E-state index in [4.69, 9.17) is 0 Å². The Morgan fingerprint density at radius 2 is 1.67 bits per heavy atom. The van der Waals surface area contributed by atoms with Crippen LogP contribution in [0.4, 0.5) is 0 Å². The fourth-order valence-electron chi connectivity index (χ4n) is 3.94. The summed E-state index contributed by atoms with van der Waals surface area (Å²) in [5, 5.41) is 45.4. The van der Waals surface area contributed by atoms with E-state index in [1.165, 1.54) is 18.2 Å². The molecule has 0 spiro atoms. The molecule has 0 aliphatic carbocycles. The Kier molecular flexibility index (Phi) is 9.70. The van der Waals surface area contributed by atoms with E-state index < -0.39 is 6.10 Å². The third-order valence-corrected chi connectivity index (χ3v) is 5.43. The lowest BCUT2D eigenvalue weighted by atomic mass is 9.93. The molecule has 0 saturated heterocycles. The van der Waals surface area contributed by atoms with Gasteiger partial charge in [-0.1, -0.05) is 38.1 Å². The average molecular weight is 459 g/mol. The summed E-state index contributed by atoms with van der Waals surface area (Å²) in [4.78, 5) is 12.4. The van der Waals surface area contributed by atoms with Crippen molar-refractivity contribution in [3.8, 4) is 11.5 Å². The van der Waals surface area contributed by atoms with Gasteiger partial charge in [-0.05, 0) is 61.4 Å². The molecule has 2 aromatic rings. The zero-order valence-electron chi connectivity index (χ0n) is 20.0. The highest BCUT2D eigenvalue weighted by Crippen LogP contribution is 2.25. The number of phenolic OH excluding ortho intramolecular Hbond substituents is 2. The Balaban J connectivity index is 1.94. The Hall–Kier alpha value is -2.61. The molecule has 1 unspecified atom stereocenters. The Morgan fingerprint density at radius 1 is 1.03 bits per heavy atom. The molecular weight excluding hydrogens is 420 g/mol. The number of aliphatic hydroxyl groups excluding tert-OH is 2. The van der Waals surface area contributed by atoms with Crippen LogP contribution in [-0.2, 0) is 17.6 Å². The first-order valence-corrected chi connectivity index (χ1v) is 11.4. The maximum absolute atomic E-state index is 12.4. The number of phenols is 2. The zero-order chi connectivity index (χ0) is 24.6. The van der Waals surface area contributed by atoms with Crippen LogP contribution in [0.3, 0.4) is 0 Å². The predicted molar refractivity (Wildman–Crippen MR) is 129 cm³/mol. The second-order valence-corrected chi connectivity index (χ2v) is 9.81. The van der Waals surface area contributed by atoms with Crippen LogP contribution in [0.25, 0.3) is 0 Å². The second-order valence-electron chi connectivity index (χ2n) is 9.81. The summed E-state index contributed by atoms with van der Waals surface area (Å²) in [5.41, 5.74) is 2.04. The smallest absolute Gasteiger partial charge is 0.224 e. The fourth-order valence-corrected chi connectivity index (χ4v) is 3.94. The van der Waals surface area contributed by atoms with Crippen molar-refractivity contribution in [2.75, 3.05) is 13.2 Å². The van der Waals surface area contributed by atoms with Gasteiger partial charge in [-0.25, -0.2) is 0 Å². The minimum atomic E-state index is -0.886. The van der Waals surface area contributed by atoms with E-state index in [0.29, 0.717) is 17.9 Å². The highest BCUT2D eigenvalue weighted by Gasteiger charge is 2.21. The largest absolute Gasteiger partial charge is 0.508 e. The van der Waals surface area contributed by atoms with Gasteiger partial charge in [-0.15, -0.1) is 0 Å². The van der Waals surface area contributed by atoms with Crippen molar-refractivity contribution in [1.82, 2.24) is 10.6 Å². The van der Waals surface area contributed by atoms with E-state index in [1.807, 2.05) is 38.1 Å². The Bertz CT molecular complexity index is 893. The molecule has 33 heavy (non-hydrogen) atoms. The van der Waals surface area contributed by atoms with Gasteiger partial charge in [-0.3, -0.25) is 4.79 Å². The van der Waals surface area contributed by atoms with Gasteiger partial charge in [0.2, 0.25) is 5.91 Å². The van der Waals surface area contributed by atoms with Gasteiger partial charge in [0.25, 0.3) is 0 Å². The summed E-state index contributed by atoms with van der Waals surface area (Å²) in [7, 11) is 0. The molecular formula is C26H38N2O5. The van der Waals surface area contributed by atoms with Gasteiger partial charge >= 0.3 is 0 Å². The molecule has 0 heterocycles. The van der Waals surface area contributed by atoms with Crippen LogP contribution in [0.15, 0.2) is 42.5 Å². The molecule has 2 aromatic carbocycles. The average Bonchev–Trinajstić information content (AvgIpc) is 2.70. The molecule has 0 bridgehead atoms. The molecule has 7 heteroatoms. The molecule has 7 nitrogen and oxygen atoms in total. The summed E-state index contributed by atoms with van der Waals surface area (Å²) in [6.07, 6.45) is 0.766. The van der Waals surface area contributed by atoms with Crippen molar-refractivity contribution < 1.29 is 25.2 Å². The molecule has 0 saturated carbocycles. The molecule has 1 amide bonds. The third-order valence-electron chi connectivity index (χ3n) is 5.43. The molecule has 182 valence electrons. The molecule has 0 aromatic heterocycles. The molecule has 0 aliphatic heterocycles. The van der Waals surface area contributed by atoms with Crippen LogP contribution < -0.4 is 10.6 Å². The number of aliphatic hydroxyl groups is 2. The topological polar surface area (TPSA) is 122 Å². The number of β-amino-alcohol motifs (C(OH)–C–C–N with tert-alkyl or cyclic N) is 1. The van der Waals surface area contributed by atoms with Gasteiger partial charge < -0.3 is 31.1 Å². The van der Waals surface area contributed by atoms with Crippen LogP contribution >= 0.6 is 0 Å². The molecule has 0 aliphatic rings. The predicted octanol–water partition coefficient (Wildman–Crippen LogP) is 2.81. The normalized spacial score (nSPS) is 13.7. The Morgan fingerprint density at radius 3 is 2.27 bits per heavy atom. The SMILES string of the molecule is CC(C)C[C@@H](CO)NC(=O)Cc1cccc(CC(C)(C)NCC(O)c2cc(O)cc(O)c2)c1. The number of amides is 1. The lowest BCUT2D eigenvalue weighted by Crippen LogP contribution is -2.43. The Labute approximate surface area is 196 Å². The van der Waals surface area contributed by atoms with Crippen LogP contribution in [0.2, 0.25) is 0 Å². The molecule has 2 atom stereocenters. The highest BCUT2D eigenvalue weighted by molar-refractivity contribution is 5.78. The number of hydrogen-bond acceptors (Lipinski definition) is 6. The van der Waals surface area contributed by atoms with Crippen LogP contribution in [0, 0.1) is 5.92 Å². The van der Waals surface area contributed by atoms with Gasteiger partial charge in [0.15, 0.2) is 0 Å². The number of aromatic hydroxyl groups is 2. The van der Waals surface area contributed by atoms with Crippen LogP contribution in [-0.4, -0.2) is 51.1 Å². The monoisotopic (exact) mass is 458 g/mol. The number of rotatable bonds is 12. The summed E-state index contributed by atoms with van der Waals surface area (Å²) in [6, 6.07) is 11.7. The zero-order valence-corrected chi connectivity index (χ0v) is 20.0. The van der Waals surface area contributed by atoms with Crippen molar-refractivity contribution in [2.24, 2.45) is 5.92 Å². The molecule has 0 radical (unpaired) electrons. The van der Waals surface area contributed by atoms with Crippen molar-refractivity contribution >= 4 is 5.91 Å². The first kappa shape index (κ1) is 26.6. The minimum absolute atomic E-state index is 0.0715. The van der Waals surface area contributed by atoms with Gasteiger partial charge in [0.1, 0.15) is 11.5 Å². The van der Waals surface area contributed by atoms with Crippen molar-refractivity contribution in [3.05, 3.63) is 59.2 Å². The van der Waals surface area contributed by atoms with Crippen molar-refractivity contribution in [3.63, 3.8) is 0 Å². The molecule has 6 N–H and O–H groups in total. The number of hydrogen-bond donors (Lipinski definition) is 6. The lowest BCUT2D eigenvalue weighted by molar-refractivity contribution is -0.121. The quantitative estimate of drug-likeness (QED) is 0.291. The van der Waals surface area contributed by atoms with Crippen molar-refractivity contribution in [2.45, 2.75) is 64.6 Å². The first-order chi connectivity index (χ1) is 15.5. The first-order valence-electron chi connectivity index (χ1n) is 11.4. The molecule has 0 fully saturated rings. The maximum atomic E-state index is 12.4. The maximum Gasteiger partial charge on any atom is 0.224 e. The third kappa shape index (κ3) is 9.42. The van der Waals surface area contributed by atoms with E-state index in [9.17, 15) is 25.2 Å². The summed E-state index contributed by atoms with van der Waals surface area (Å²) in [6.45, 7) is 8.34.